The van der Waals surface area contributed by atoms with Crippen LogP contribution in [0.4, 0.5) is 5.69 Å². The monoisotopic (exact) mass is 473 g/mol. The molecule has 2 N–H and O–H groups in total. The summed E-state index contributed by atoms with van der Waals surface area (Å²) >= 11 is 0. The fraction of sp³-hybridized carbons (Fsp3) is 0.0645. The van der Waals surface area contributed by atoms with E-state index in [9.17, 15) is 9.90 Å². The Balaban J connectivity index is 1.46. The largest absolute Gasteiger partial charge is 0.478 e. The van der Waals surface area contributed by atoms with Crippen molar-refractivity contribution in [1.82, 2.24) is 0 Å². The molecule has 0 saturated heterocycles. The number of ether oxygens (including phenoxy) is 1. The fourth-order valence-corrected chi connectivity index (χ4v) is 4.84. The Morgan fingerprint density at radius 2 is 1.33 bits per heavy atom. The molecule has 1 aliphatic rings. The number of carboxylic acids is 1. The summed E-state index contributed by atoms with van der Waals surface area (Å²) in [7, 11) is 0. The van der Waals surface area contributed by atoms with Gasteiger partial charge in [-0.3, -0.25) is 0 Å². The minimum atomic E-state index is -0.960. The van der Waals surface area contributed by atoms with E-state index in [0.717, 1.165) is 27.9 Å². The summed E-state index contributed by atoms with van der Waals surface area (Å²) < 4.78 is 13.2. The van der Waals surface area contributed by atoms with Crippen molar-refractivity contribution in [2.24, 2.45) is 0 Å². The Labute approximate surface area is 208 Å². The smallest absolute Gasteiger partial charge is 0.335 e. The first kappa shape index (κ1) is 21.9. The first-order valence-corrected chi connectivity index (χ1v) is 11.7. The Kier molecular flexibility index (Phi) is 5.40. The molecule has 1 aliphatic heterocycles. The van der Waals surface area contributed by atoms with Crippen molar-refractivity contribution >= 4 is 11.7 Å². The van der Waals surface area contributed by atoms with Crippen molar-refractivity contribution in [2.75, 3.05) is 5.32 Å². The predicted molar refractivity (Wildman–Crippen MR) is 138 cm³/mol. The van der Waals surface area contributed by atoms with Crippen LogP contribution in [0.5, 0.6) is 0 Å². The van der Waals surface area contributed by atoms with Gasteiger partial charge in [-0.15, -0.1) is 0 Å². The lowest BCUT2D eigenvalue weighted by molar-refractivity contribution is -0.0518. The zero-order valence-electron chi connectivity index (χ0n) is 19.3. The highest BCUT2D eigenvalue weighted by Gasteiger charge is 2.45. The topological polar surface area (TPSA) is 71.7 Å². The Bertz CT molecular complexity index is 1470. The molecular formula is C31H23NO4. The van der Waals surface area contributed by atoms with Gasteiger partial charge in [-0.1, -0.05) is 91.0 Å². The number of hydrogen-bond acceptors (Lipinski definition) is 4. The van der Waals surface area contributed by atoms with E-state index in [4.69, 9.17) is 9.15 Å². The lowest BCUT2D eigenvalue weighted by atomic mass is 9.78. The second-order valence-corrected chi connectivity index (χ2v) is 8.69. The van der Waals surface area contributed by atoms with Crippen LogP contribution >= 0.6 is 0 Å². The van der Waals surface area contributed by atoms with E-state index in [1.165, 1.54) is 0 Å². The molecule has 0 aliphatic carbocycles. The quantitative estimate of drug-likeness (QED) is 0.285. The number of carboxylic acid groups (broad SMARTS) is 1. The van der Waals surface area contributed by atoms with E-state index in [1.54, 1.807) is 24.3 Å². The van der Waals surface area contributed by atoms with Crippen LogP contribution in [0.15, 0.2) is 126 Å². The molecule has 5 nitrogen and oxygen atoms in total. The average molecular weight is 474 g/mol. The van der Waals surface area contributed by atoms with Crippen LogP contribution in [0.1, 0.15) is 39.0 Å². The summed E-state index contributed by atoms with van der Waals surface area (Å²) in [4.78, 5) is 11.2. The van der Waals surface area contributed by atoms with Crippen LogP contribution in [-0.2, 0) is 10.3 Å². The number of benzene rings is 4. The van der Waals surface area contributed by atoms with Gasteiger partial charge in [0.25, 0.3) is 0 Å². The van der Waals surface area contributed by atoms with Crippen molar-refractivity contribution < 1.29 is 19.1 Å². The molecule has 0 bridgehead atoms. The number of rotatable bonds is 5. The van der Waals surface area contributed by atoms with Crippen LogP contribution in [0, 0.1) is 0 Å². The first-order chi connectivity index (χ1) is 17.6. The second-order valence-electron chi connectivity index (χ2n) is 8.69. The van der Waals surface area contributed by atoms with Crippen LogP contribution < -0.4 is 5.32 Å². The van der Waals surface area contributed by atoms with Gasteiger partial charge in [0.05, 0.1) is 5.56 Å². The van der Waals surface area contributed by atoms with Gasteiger partial charge in [0.15, 0.2) is 12.0 Å². The number of carbonyl (C=O) groups is 1. The van der Waals surface area contributed by atoms with Crippen molar-refractivity contribution in [3.05, 3.63) is 149 Å². The molecule has 0 spiro atoms. The van der Waals surface area contributed by atoms with Crippen molar-refractivity contribution in [2.45, 2.75) is 11.8 Å². The lowest BCUT2D eigenvalue weighted by Gasteiger charge is -2.43. The van der Waals surface area contributed by atoms with Gasteiger partial charge in [0.2, 0.25) is 0 Å². The SMILES string of the molecule is O=C(O)c1ccc(-c2ccc(C3Nc4ccccc4C(c4ccccc4)(c4ccccc4)O3)o2)cc1. The van der Waals surface area contributed by atoms with Crippen LogP contribution in [0.2, 0.25) is 0 Å². The van der Waals surface area contributed by atoms with E-state index >= 15 is 0 Å². The van der Waals surface area contributed by atoms with Crippen molar-refractivity contribution in [3.8, 4) is 11.3 Å². The Hall–Kier alpha value is -4.61. The number of anilines is 1. The minimum absolute atomic E-state index is 0.231. The second kappa shape index (κ2) is 8.87. The molecule has 6 rings (SSSR count). The molecule has 5 aromatic rings. The normalized spacial score (nSPS) is 16.1. The highest BCUT2D eigenvalue weighted by Crippen LogP contribution is 2.50. The lowest BCUT2D eigenvalue weighted by Crippen LogP contribution is -2.40. The van der Waals surface area contributed by atoms with Crippen LogP contribution in [0.3, 0.4) is 0 Å². The maximum absolute atomic E-state index is 11.2. The van der Waals surface area contributed by atoms with Crippen molar-refractivity contribution in [3.63, 3.8) is 0 Å². The Morgan fingerprint density at radius 3 is 1.97 bits per heavy atom. The van der Waals surface area contributed by atoms with E-state index in [0.29, 0.717) is 11.5 Å². The number of hydrogen-bond donors (Lipinski definition) is 2. The van der Waals surface area contributed by atoms with Gasteiger partial charge in [0.1, 0.15) is 11.4 Å². The van der Waals surface area contributed by atoms with Gasteiger partial charge in [-0.25, -0.2) is 4.79 Å². The third-order valence-corrected chi connectivity index (χ3v) is 6.55. The molecular weight excluding hydrogens is 450 g/mol. The molecule has 0 fully saturated rings. The number of aromatic carboxylic acids is 1. The zero-order chi connectivity index (χ0) is 24.5. The van der Waals surface area contributed by atoms with E-state index in [1.807, 2.05) is 60.7 Å². The molecule has 5 heteroatoms. The van der Waals surface area contributed by atoms with Gasteiger partial charge < -0.3 is 19.6 Å². The molecule has 1 aromatic heterocycles. The van der Waals surface area contributed by atoms with E-state index in [-0.39, 0.29) is 5.56 Å². The summed E-state index contributed by atoms with van der Waals surface area (Å²) in [5.41, 5.74) is 4.19. The maximum atomic E-state index is 11.2. The van der Waals surface area contributed by atoms with E-state index in [2.05, 4.69) is 41.7 Å². The highest BCUT2D eigenvalue weighted by atomic mass is 16.5. The number of para-hydroxylation sites is 1. The first-order valence-electron chi connectivity index (χ1n) is 11.7. The molecule has 36 heavy (non-hydrogen) atoms. The molecule has 4 aromatic carbocycles. The van der Waals surface area contributed by atoms with Gasteiger partial charge in [0, 0.05) is 16.8 Å². The minimum Gasteiger partial charge on any atom is -0.478 e. The van der Waals surface area contributed by atoms with Gasteiger partial charge >= 0.3 is 5.97 Å². The summed E-state index contributed by atoms with van der Waals surface area (Å²) in [6, 6.07) is 39.0. The third kappa shape index (κ3) is 3.67. The summed E-state index contributed by atoms with van der Waals surface area (Å²) in [6.45, 7) is 0. The van der Waals surface area contributed by atoms with E-state index < -0.39 is 17.8 Å². The number of fused-ring (bicyclic) bond motifs is 1. The third-order valence-electron chi connectivity index (χ3n) is 6.55. The molecule has 0 radical (unpaired) electrons. The van der Waals surface area contributed by atoms with Gasteiger partial charge in [-0.2, -0.15) is 0 Å². The Morgan fingerprint density at radius 1 is 0.722 bits per heavy atom. The summed E-state index contributed by atoms with van der Waals surface area (Å²) in [5.74, 6) is 0.299. The maximum Gasteiger partial charge on any atom is 0.335 e. The number of furan rings is 1. The molecule has 1 unspecified atom stereocenters. The highest BCUT2D eigenvalue weighted by molar-refractivity contribution is 5.88. The average Bonchev–Trinajstić information content (AvgIpc) is 3.44. The summed E-state index contributed by atoms with van der Waals surface area (Å²) in [5, 5.41) is 12.7. The molecule has 176 valence electrons. The van der Waals surface area contributed by atoms with Crippen molar-refractivity contribution in [1.29, 1.82) is 0 Å². The zero-order valence-corrected chi connectivity index (χ0v) is 19.3. The summed E-state index contributed by atoms with van der Waals surface area (Å²) in [6.07, 6.45) is -0.563. The molecule has 1 atom stereocenters. The van der Waals surface area contributed by atoms with Gasteiger partial charge in [-0.05, 0) is 41.5 Å². The fourth-order valence-electron chi connectivity index (χ4n) is 4.84. The number of nitrogens with one attached hydrogen (secondary N) is 1. The van der Waals surface area contributed by atoms with Crippen LogP contribution in [-0.4, -0.2) is 11.1 Å². The standard InChI is InChI=1S/C31H23NO4/c33-30(34)22-17-15-21(16-18-22)27-19-20-28(35-27)29-32-26-14-8-7-13-25(26)31(36-29,23-9-3-1-4-10-23)24-11-5-2-6-12-24/h1-20,29,32H,(H,33,34). The molecule has 0 amide bonds. The molecule has 0 saturated carbocycles. The molecule has 2 heterocycles. The predicted octanol–water partition coefficient (Wildman–Crippen LogP) is 7.08. The van der Waals surface area contributed by atoms with Crippen LogP contribution in [0.25, 0.3) is 11.3 Å².